The maximum Gasteiger partial charge on any atom is 0.314 e. The molecule has 2 N–H and O–H groups in total. The summed E-state index contributed by atoms with van der Waals surface area (Å²) in [5.74, 6) is 0.692. The molecule has 1 unspecified atom stereocenters. The highest BCUT2D eigenvalue weighted by Gasteiger charge is 2.30. The van der Waals surface area contributed by atoms with Crippen molar-refractivity contribution >= 4 is 5.97 Å². The first kappa shape index (κ1) is 17.4. The summed E-state index contributed by atoms with van der Waals surface area (Å²) in [6.07, 6.45) is 1.90. The Labute approximate surface area is 136 Å². The smallest absolute Gasteiger partial charge is 0.314 e. The highest BCUT2D eigenvalue weighted by Crippen LogP contribution is 2.36. The average molecular weight is 324 g/mol. The molecule has 23 heavy (non-hydrogen) atoms. The lowest BCUT2D eigenvalue weighted by Gasteiger charge is -2.28. The molecule has 1 heterocycles. The molecule has 1 fully saturated rings. The number of benzene rings is 1. The van der Waals surface area contributed by atoms with Crippen LogP contribution in [0.2, 0.25) is 0 Å². The van der Waals surface area contributed by atoms with Crippen molar-refractivity contribution in [2.45, 2.75) is 26.3 Å². The number of esters is 1. The lowest BCUT2D eigenvalue weighted by molar-refractivity contribution is -0.921. The van der Waals surface area contributed by atoms with Gasteiger partial charge in [-0.05, 0) is 31.9 Å². The van der Waals surface area contributed by atoms with E-state index in [1.54, 1.807) is 0 Å². The van der Waals surface area contributed by atoms with Gasteiger partial charge < -0.3 is 24.2 Å². The van der Waals surface area contributed by atoms with Crippen molar-refractivity contribution in [2.24, 2.45) is 5.92 Å². The predicted molar refractivity (Wildman–Crippen MR) is 85.0 cm³/mol. The second-order valence-electron chi connectivity index (χ2n) is 5.82. The fraction of sp³-hybridized carbons (Fsp3) is 0.588. The van der Waals surface area contributed by atoms with Gasteiger partial charge in [0.1, 0.15) is 12.5 Å². The van der Waals surface area contributed by atoms with Gasteiger partial charge in [0.2, 0.25) is 5.75 Å². The summed E-state index contributed by atoms with van der Waals surface area (Å²) in [6.45, 7) is 4.80. The predicted octanol–water partition coefficient (Wildman–Crippen LogP) is 0.767. The van der Waals surface area contributed by atoms with E-state index >= 15 is 0 Å². The summed E-state index contributed by atoms with van der Waals surface area (Å²) in [7, 11) is 3.03. The van der Waals surface area contributed by atoms with Crippen LogP contribution in [0.15, 0.2) is 12.1 Å². The average Bonchev–Trinajstić information content (AvgIpc) is 2.56. The van der Waals surface area contributed by atoms with Gasteiger partial charge in [0.15, 0.2) is 11.5 Å². The molecule has 0 aromatic heterocycles. The number of quaternary nitrogens is 1. The van der Waals surface area contributed by atoms with Gasteiger partial charge in [0.25, 0.3) is 0 Å². The number of methoxy groups -OCH3 is 2. The number of hydrogen-bond donors (Lipinski definition) is 2. The zero-order valence-electron chi connectivity index (χ0n) is 14.1. The second-order valence-corrected chi connectivity index (χ2v) is 5.82. The number of carbonyl (C=O) groups is 1. The molecule has 0 amide bonds. The molecule has 6 heteroatoms. The third-order valence-corrected chi connectivity index (χ3v) is 4.23. The molecule has 2 atom stereocenters. The lowest BCUT2D eigenvalue weighted by atomic mass is 9.97. The summed E-state index contributed by atoms with van der Waals surface area (Å²) in [5, 5.41) is 9.98. The summed E-state index contributed by atoms with van der Waals surface area (Å²) in [4.78, 5) is 13.3. The zero-order valence-corrected chi connectivity index (χ0v) is 14.1. The number of phenolic OH excluding ortho intramolecular Hbond substituents is 1. The quantitative estimate of drug-likeness (QED) is 0.757. The van der Waals surface area contributed by atoms with Gasteiger partial charge in [-0.25, -0.2) is 0 Å². The molecule has 1 aliphatic heterocycles. The summed E-state index contributed by atoms with van der Waals surface area (Å²) in [5.41, 5.74) is 1.01. The van der Waals surface area contributed by atoms with Gasteiger partial charge >= 0.3 is 5.97 Å². The minimum Gasteiger partial charge on any atom is -0.502 e. The van der Waals surface area contributed by atoms with Crippen LogP contribution < -0.4 is 14.4 Å². The third kappa shape index (κ3) is 4.28. The first-order valence-electron chi connectivity index (χ1n) is 8.03. The van der Waals surface area contributed by atoms with Gasteiger partial charge in [0, 0.05) is 5.56 Å². The molecule has 1 aliphatic rings. The van der Waals surface area contributed by atoms with Crippen LogP contribution in [-0.2, 0) is 16.1 Å². The van der Waals surface area contributed by atoms with Crippen LogP contribution in [0.25, 0.3) is 0 Å². The van der Waals surface area contributed by atoms with E-state index in [9.17, 15) is 9.90 Å². The van der Waals surface area contributed by atoms with Crippen molar-refractivity contribution in [1.29, 1.82) is 0 Å². The molecule has 0 aliphatic carbocycles. The molecule has 1 aromatic carbocycles. The van der Waals surface area contributed by atoms with E-state index in [2.05, 4.69) is 0 Å². The van der Waals surface area contributed by atoms with Gasteiger partial charge in [0.05, 0.1) is 33.9 Å². The van der Waals surface area contributed by atoms with E-state index in [1.807, 2.05) is 19.1 Å². The largest absolute Gasteiger partial charge is 0.502 e. The topological polar surface area (TPSA) is 69.4 Å². The second kappa shape index (κ2) is 8.06. The fourth-order valence-electron chi connectivity index (χ4n) is 3.11. The van der Waals surface area contributed by atoms with Crippen molar-refractivity contribution in [1.82, 2.24) is 0 Å². The van der Waals surface area contributed by atoms with E-state index in [0.717, 1.165) is 38.0 Å². The molecular formula is C17H26NO5+. The number of rotatable bonds is 6. The van der Waals surface area contributed by atoms with Crippen molar-refractivity contribution in [3.63, 3.8) is 0 Å². The number of likely N-dealkylation sites (tertiary alicyclic amines) is 1. The zero-order chi connectivity index (χ0) is 16.8. The van der Waals surface area contributed by atoms with E-state index in [1.165, 1.54) is 19.1 Å². The summed E-state index contributed by atoms with van der Waals surface area (Å²) in [6, 6.07) is 3.64. The molecule has 1 saturated heterocycles. The Morgan fingerprint density at radius 2 is 1.96 bits per heavy atom. The van der Waals surface area contributed by atoms with Crippen molar-refractivity contribution < 1.29 is 29.0 Å². The molecule has 0 saturated carbocycles. The van der Waals surface area contributed by atoms with Crippen molar-refractivity contribution in [3.05, 3.63) is 17.7 Å². The number of aromatic hydroxyl groups is 1. The van der Waals surface area contributed by atoms with Crippen LogP contribution >= 0.6 is 0 Å². The number of piperidine rings is 1. The Hall–Kier alpha value is -1.95. The fourth-order valence-corrected chi connectivity index (χ4v) is 3.11. The van der Waals surface area contributed by atoms with Crippen LogP contribution in [-0.4, -0.2) is 45.0 Å². The first-order chi connectivity index (χ1) is 11.1. The number of phenols is 1. The van der Waals surface area contributed by atoms with Crippen molar-refractivity contribution in [2.75, 3.05) is 33.9 Å². The van der Waals surface area contributed by atoms with Crippen LogP contribution in [0.1, 0.15) is 25.3 Å². The molecule has 2 rings (SSSR count). The Morgan fingerprint density at radius 1 is 1.30 bits per heavy atom. The SMILES string of the molecule is CCOC(=O)[C@@H]1CCC[NH+](Cc2cc(OC)c(O)c(OC)c2)C1. The summed E-state index contributed by atoms with van der Waals surface area (Å²) < 4.78 is 15.5. The Bertz CT molecular complexity index is 521. The minimum atomic E-state index is -0.0921. The highest BCUT2D eigenvalue weighted by molar-refractivity contribution is 5.72. The molecule has 128 valence electrons. The molecular weight excluding hydrogens is 298 g/mol. The standard InChI is InChI=1S/C17H25NO5/c1-4-23-17(20)13-6-5-7-18(11-13)10-12-8-14(21-2)16(19)15(9-12)22-3/h8-9,13,19H,4-7,10-11H2,1-3H3/p+1/t13-/m1/s1. The number of ether oxygens (including phenoxy) is 3. The normalized spacial score (nSPS) is 20.8. The van der Waals surface area contributed by atoms with Gasteiger partial charge in [-0.1, -0.05) is 0 Å². The summed E-state index contributed by atoms with van der Waals surface area (Å²) >= 11 is 0. The van der Waals surface area contributed by atoms with Crippen LogP contribution in [0.3, 0.4) is 0 Å². The number of nitrogens with one attached hydrogen (secondary N) is 1. The van der Waals surface area contributed by atoms with E-state index < -0.39 is 0 Å². The molecule has 6 nitrogen and oxygen atoms in total. The van der Waals surface area contributed by atoms with Gasteiger partial charge in [-0.3, -0.25) is 4.79 Å². The van der Waals surface area contributed by atoms with Crippen LogP contribution in [0.5, 0.6) is 17.2 Å². The van der Waals surface area contributed by atoms with Gasteiger partial charge in [-0.15, -0.1) is 0 Å². The lowest BCUT2D eigenvalue weighted by Crippen LogP contribution is -3.12. The molecule has 0 bridgehead atoms. The Morgan fingerprint density at radius 3 is 2.52 bits per heavy atom. The molecule has 0 radical (unpaired) electrons. The third-order valence-electron chi connectivity index (χ3n) is 4.23. The van der Waals surface area contributed by atoms with E-state index in [0.29, 0.717) is 18.1 Å². The number of hydrogen-bond acceptors (Lipinski definition) is 5. The number of carbonyl (C=O) groups excluding carboxylic acids is 1. The highest BCUT2D eigenvalue weighted by atomic mass is 16.5. The maximum absolute atomic E-state index is 11.9. The Balaban J connectivity index is 2.08. The van der Waals surface area contributed by atoms with Gasteiger partial charge in [-0.2, -0.15) is 0 Å². The van der Waals surface area contributed by atoms with Crippen LogP contribution in [0, 0.1) is 5.92 Å². The Kier molecular flexibility index (Phi) is 6.10. The monoisotopic (exact) mass is 324 g/mol. The molecule has 1 aromatic rings. The maximum atomic E-state index is 11.9. The van der Waals surface area contributed by atoms with E-state index in [4.69, 9.17) is 14.2 Å². The van der Waals surface area contributed by atoms with E-state index in [-0.39, 0.29) is 17.6 Å². The molecule has 0 spiro atoms. The first-order valence-corrected chi connectivity index (χ1v) is 8.03. The van der Waals surface area contributed by atoms with Crippen molar-refractivity contribution in [3.8, 4) is 17.2 Å². The minimum absolute atomic E-state index is 0.0109. The van der Waals surface area contributed by atoms with Crippen LogP contribution in [0.4, 0.5) is 0 Å².